The van der Waals surface area contributed by atoms with E-state index in [2.05, 4.69) is 14.9 Å². The number of fused-ring (bicyclic) bond motifs is 2. The highest BCUT2D eigenvalue weighted by molar-refractivity contribution is 6.03. The van der Waals surface area contributed by atoms with Crippen LogP contribution in [0.2, 0.25) is 0 Å². The van der Waals surface area contributed by atoms with Crippen molar-refractivity contribution in [2.75, 3.05) is 58.5 Å². The maximum Gasteiger partial charge on any atom is 0.319 e. The van der Waals surface area contributed by atoms with E-state index >= 15 is 8.78 Å². The van der Waals surface area contributed by atoms with E-state index in [0.29, 0.717) is 22.8 Å². The highest BCUT2D eigenvalue weighted by Gasteiger charge is 2.35. The van der Waals surface area contributed by atoms with E-state index in [9.17, 15) is 15.3 Å². The predicted octanol–water partition coefficient (Wildman–Crippen LogP) is 3.82. The van der Waals surface area contributed by atoms with Crippen molar-refractivity contribution in [3.8, 4) is 28.9 Å². The first kappa shape index (κ1) is 32.0. The number of β-amino-alcohol motifs (C(OH)–C–C–N with tert-alkyl or cyclic N) is 1. The molecule has 4 aromatic rings. The van der Waals surface area contributed by atoms with Gasteiger partial charge >= 0.3 is 6.01 Å². The number of likely N-dealkylation sites (N-methyl/N-ethyl adjacent to an activating group) is 1. The Bertz CT molecular complexity index is 1770. The van der Waals surface area contributed by atoms with E-state index in [-0.39, 0.29) is 84.6 Å². The first-order chi connectivity index (χ1) is 22.0. The van der Waals surface area contributed by atoms with Crippen LogP contribution in [-0.2, 0) is 11.2 Å². The van der Waals surface area contributed by atoms with Crippen LogP contribution in [0.3, 0.4) is 0 Å². The summed E-state index contributed by atoms with van der Waals surface area (Å²) in [6.45, 7) is 4.39. The monoisotopic (exact) mass is 639 g/mol. The normalized spacial score (nSPS) is 22.5. The van der Waals surface area contributed by atoms with Crippen molar-refractivity contribution >= 4 is 27.5 Å². The van der Waals surface area contributed by atoms with Crippen LogP contribution in [0.15, 0.2) is 24.3 Å². The van der Waals surface area contributed by atoms with Crippen LogP contribution in [0.25, 0.3) is 32.9 Å². The van der Waals surface area contributed by atoms with E-state index < -0.39 is 23.3 Å². The third kappa shape index (κ3) is 5.99. The number of halogens is 2. The van der Waals surface area contributed by atoms with E-state index in [1.54, 1.807) is 18.7 Å². The lowest BCUT2D eigenvalue weighted by Crippen LogP contribution is -2.42. The first-order valence-corrected chi connectivity index (χ1v) is 15.5. The minimum Gasteiger partial charge on any atom is -0.508 e. The molecule has 2 aromatic heterocycles. The summed E-state index contributed by atoms with van der Waals surface area (Å²) in [6, 6.07) is 5.72. The zero-order valence-electron chi connectivity index (χ0n) is 26.4. The van der Waals surface area contributed by atoms with Gasteiger partial charge < -0.3 is 39.3 Å². The molecule has 0 bridgehead atoms. The Labute approximate surface area is 265 Å². The minimum absolute atomic E-state index is 0.0280. The van der Waals surface area contributed by atoms with Gasteiger partial charge in [-0.15, -0.1) is 0 Å². The second kappa shape index (κ2) is 12.7. The number of phenolic OH excluding ortho intramolecular Hbond substituents is 1. The lowest BCUT2D eigenvalue weighted by molar-refractivity contribution is -0.0528. The molecule has 0 radical (unpaired) electrons. The molecule has 246 valence electrons. The molecule has 4 heterocycles. The molecule has 0 unspecified atom stereocenters. The van der Waals surface area contributed by atoms with Crippen molar-refractivity contribution in [2.45, 2.75) is 50.9 Å². The third-order valence-electron chi connectivity index (χ3n) is 8.83. The number of nitrogens with zero attached hydrogens (tertiary/aromatic N) is 5. The van der Waals surface area contributed by atoms with Crippen molar-refractivity contribution in [1.29, 1.82) is 0 Å². The molecule has 2 fully saturated rings. The Morgan fingerprint density at radius 2 is 1.96 bits per heavy atom. The molecule has 2 saturated heterocycles. The number of aromatic nitrogens is 3. The van der Waals surface area contributed by atoms with Crippen molar-refractivity contribution in [1.82, 2.24) is 19.9 Å². The smallest absolute Gasteiger partial charge is 0.319 e. The maximum atomic E-state index is 17.0. The number of aryl methyl sites for hydroxylation is 1. The van der Waals surface area contributed by atoms with Crippen molar-refractivity contribution < 1.29 is 38.3 Å². The van der Waals surface area contributed by atoms with Crippen LogP contribution < -0.4 is 14.4 Å². The average molecular weight is 640 g/mol. The molecule has 0 aliphatic carbocycles. The molecule has 11 nitrogen and oxygen atoms in total. The summed E-state index contributed by atoms with van der Waals surface area (Å²) in [5.74, 6) is -1.30. The topological polar surface area (TPSA) is 134 Å². The lowest BCUT2D eigenvalue weighted by Gasteiger charge is -2.30. The summed E-state index contributed by atoms with van der Waals surface area (Å²) in [4.78, 5) is 17.6. The van der Waals surface area contributed by atoms with Crippen LogP contribution >= 0.6 is 0 Å². The number of hydrogen-bond donors (Lipinski definition) is 3. The standard InChI is InChI=1S/C33H39F2N5O6/c1-5-22-24(34)9-8-18-11-20(42)12-23(25(18)22)28-27(35)29-26(31(36-28)44-4)30(40-13-21(14-41)46-17-33(2,43)16-40)38-32(37-29)45-15-19-7-6-10-39(19)3/h8-9,11-12,19,21,41-43H,5-7,10,13-17H2,1-4H3/t19-,21+,33-/m0/s1. The van der Waals surface area contributed by atoms with Gasteiger partial charge in [0.15, 0.2) is 5.82 Å². The molecule has 13 heteroatoms. The molecule has 3 atom stereocenters. The van der Waals surface area contributed by atoms with Crippen LogP contribution in [0.1, 0.15) is 32.3 Å². The Kier molecular flexibility index (Phi) is 8.85. The highest BCUT2D eigenvalue weighted by atomic mass is 19.1. The largest absolute Gasteiger partial charge is 0.508 e. The number of methoxy groups -OCH3 is 1. The van der Waals surface area contributed by atoms with Crippen LogP contribution in [0.5, 0.6) is 17.6 Å². The molecule has 2 aromatic carbocycles. The average Bonchev–Trinajstić information content (AvgIpc) is 3.37. The van der Waals surface area contributed by atoms with Gasteiger partial charge in [0, 0.05) is 18.2 Å². The predicted molar refractivity (Wildman–Crippen MR) is 169 cm³/mol. The van der Waals surface area contributed by atoms with Gasteiger partial charge in [-0.2, -0.15) is 9.97 Å². The molecule has 46 heavy (non-hydrogen) atoms. The fraction of sp³-hybridized carbons (Fsp3) is 0.485. The number of phenols is 1. The van der Waals surface area contributed by atoms with Crippen LogP contribution in [0, 0.1) is 11.6 Å². The van der Waals surface area contributed by atoms with Crippen LogP contribution in [0.4, 0.5) is 14.6 Å². The quantitative estimate of drug-likeness (QED) is 0.260. The molecule has 0 amide bonds. The Morgan fingerprint density at radius 3 is 2.65 bits per heavy atom. The molecule has 2 aliphatic heterocycles. The van der Waals surface area contributed by atoms with Crippen molar-refractivity contribution in [3.05, 3.63) is 41.5 Å². The second-order valence-electron chi connectivity index (χ2n) is 12.4. The fourth-order valence-corrected chi connectivity index (χ4v) is 6.50. The number of anilines is 1. The van der Waals surface area contributed by atoms with Gasteiger partial charge in [-0.05, 0) is 74.3 Å². The summed E-state index contributed by atoms with van der Waals surface area (Å²) in [5, 5.41) is 32.7. The fourth-order valence-electron chi connectivity index (χ4n) is 6.50. The van der Waals surface area contributed by atoms with Gasteiger partial charge in [-0.1, -0.05) is 13.0 Å². The third-order valence-corrected chi connectivity index (χ3v) is 8.83. The Hall–Kier alpha value is -3.91. The number of aliphatic hydroxyl groups excluding tert-OH is 1. The van der Waals surface area contributed by atoms with Gasteiger partial charge in [0.2, 0.25) is 5.88 Å². The number of ether oxygens (including phenoxy) is 3. The van der Waals surface area contributed by atoms with Crippen molar-refractivity contribution in [3.63, 3.8) is 0 Å². The molecular formula is C33H39F2N5O6. The zero-order valence-corrected chi connectivity index (χ0v) is 26.4. The van der Waals surface area contributed by atoms with E-state index in [1.165, 1.54) is 31.4 Å². The van der Waals surface area contributed by atoms with Gasteiger partial charge in [-0.3, -0.25) is 0 Å². The summed E-state index contributed by atoms with van der Waals surface area (Å²) in [6.07, 6.45) is 1.60. The Morgan fingerprint density at radius 1 is 1.15 bits per heavy atom. The molecule has 6 rings (SSSR count). The molecule has 0 spiro atoms. The van der Waals surface area contributed by atoms with Crippen LogP contribution in [-0.4, -0.2) is 107 Å². The minimum atomic E-state index is -1.34. The maximum absolute atomic E-state index is 17.0. The van der Waals surface area contributed by atoms with E-state index in [4.69, 9.17) is 19.2 Å². The first-order valence-electron chi connectivity index (χ1n) is 15.5. The zero-order chi connectivity index (χ0) is 32.7. The second-order valence-corrected chi connectivity index (χ2v) is 12.4. The molecule has 0 saturated carbocycles. The summed E-state index contributed by atoms with van der Waals surface area (Å²) < 4.78 is 49.6. The number of likely N-dealkylation sites (tertiary alicyclic amines) is 1. The number of rotatable bonds is 8. The lowest BCUT2D eigenvalue weighted by atomic mass is 9.94. The molecule has 3 N–H and O–H groups in total. The number of pyridine rings is 1. The number of hydrogen-bond acceptors (Lipinski definition) is 11. The highest BCUT2D eigenvalue weighted by Crippen LogP contribution is 2.42. The summed E-state index contributed by atoms with van der Waals surface area (Å²) in [5.41, 5.74) is -1.18. The SMILES string of the molecule is CCc1c(F)ccc2cc(O)cc(-c3nc(OC)c4c(N5C[C@H](CO)OC[C@@](C)(O)C5)nc(OC[C@@H]5CCCN5C)nc4c3F)c12. The molecular weight excluding hydrogens is 600 g/mol. The van der Waals surface area contributed by atoms with E-state index in [0.717, 1.165) is 19.4 Å². The number of aliphatic hydroxyl groups is 2. The van der Waals surface area contributed by atoms with E-state index in [1.807, 2.05) is 7.05 Å². The van der Waals surface area contributed by atoms with Gasteiger partial charge in [0.05, 0.1) is 33.0 Å². The van der Waals surface area contributed by atoms with Gasteiger partial charge in [0.1, 0.15) is 46.2 Å². The summed E-state index contributed by atoms with van der Waals surface area (Å²) >= 11 is 0. The molecule has 2 aliphatic rings. The number of benzene rings is 2. The summed E-state index contributed by atoms with van der Waals surface area (Å²) in [7, 11) is 3.39. The van der Waals surface area contributed by atoms with Gasteiger partial charge in [0.25, 0.3) is 0 Å². The van der Waals surface area contributed by atoms with Crippen molar-refractivity contribution in [2.24, 2.45) is 0 Å². The number of aromatic hydroxyl groups is 1. The van der Waals surface area contributed by atoms with Gasteiger partial charge in [-0.25, -0.2) is 13.8 Å². The Balaban J connectivity index is 1.60.